The lowest BCUT2D eigenvalue weighted by Gasteiger charge is -2.14. The standard InChI is InChI=1S/C12H23N/c1-3-4-5-6-7-8-12(13-2)11-9-10-11/h3,11-13H,1,4-10H2,2H3. The first-order chi connectivity index (χ1) is 6.38. The predicted molar refractivity (Wildman–Crippen MR) is 58.9 cm³/mol. The number of hydrogen-bond donors (Lipinski definition) is 1. The summed E-state index contributed by atoms with van der Waals surface area (Å²) in [6.45, 7) is 3.74. The summed E-state index contributed by atoms with van der Waals surface area (Å²) in [7, 11) is 2.10. The van der Waals surface area contributed by atoms with Crippen LogP contribution in [0.5, 0.6) is 0 Å². The average Bonchev–Trinajstić information content (AvgIpc) is 2.95. The fraction of sp³-hybridized carbons (Fsp3) is 0.833. The van der Waals surface area contributed by atoms with Gasteiger partial charge >= 0.3 is 0 Å². The summed E-state index contributed by atoms with van der Waals surface area (Å²) < 4.78 is 0. The summed E-state index contributed by atoms with van der Waals surface area (Å²) in [5.41, 5.74) is 0. The SMILES string of the molecule is C=CCCCCCC(NC)C1CC1. The molecule has 1 rings (SSSR count). The summed E-state index contributed by atoms with van der Waals surface area (Å²) in [5.74, 6) is 1.00. The third-order valence-corrected chi connectivity index (χ3v) is 2.99. The molecule has 1 aliphatic carbocycles. The lowest BCUT2D eigenvalue weighted by molar-refractivity contribution is 0.446. The molecule has 1 fully saturated rings. The zero-order chi connectivity index (χ0) is 9.52. The van der Waals surface area contributed by atoms with Gasteiger partial charge in [0.2, 0.25) is 0 Å². The van der Waals surface area contributed by atoms with E-state index in [9.17, 15) is 0 Å². The van der Waals surface area contributed by atoms with Gasteiger partial charge in [-0.2, -0.15) is 0 Å². The molecular formula is C12H23N. The Kier molecular flexibility index (Phi) is 5.14. The van der Waals surface area contributed by atoms with Gasteiger partial charge in [-0.15, -0.1) is 6.58 Å². The fourth-order valence-electron chi connectivity index (χ4n) is 1.94. The molecule has 0 aromatic rings. The molecular weight excluding hydrogens is 158 g/mol. The van der Waals surface area contributed by atoms with Crippen molar-refractivity contribution in [2.75, 3.05) is 7.05 Å². The van der Waals surface area contributed by atoms with Crippen LogP contribution in [0.15, 0.2) is 12.7 Å². The van der Waals surface area contributed by atoms with Crippen molar-refractivity contribution in [3.63, 3.8) is 0 Å². The third-order valence-electron chi connectivity index (χ3n) is 2.99. The number of hydrogen-bond acceptors (Lipinski definition) is 1. The Morgan fingerprint density at radius 1 is 1.38 bits per heavy atom. The quantitative estimate of drug-likeness (QED) is 0.448. The Bertz CT molecular complexity index is 138. The molecule has 0 bridgehead atoms. The fourth-order valence-corrected chi connectivity index (χ4v) is 1.94. The zero-order valence-electron chi connectivity index (χ0n) is 8.89. The molecule has 76 valence electrons. The molecule has 1 nitrogen and oxygen atoms in total. The highest BCUT2D eigenvalue weighted by Crippen LogP contribution is 2.34. The van der Waals surface area contributed by atoms with E-state index >= 15 is 0 Å². The van der Waals surface area contributed by atoms with Crippen LogP contribution >= 0.6 is 0 Å². The van der Waals surface area contributed by atoms with Crippen molar-refractivity contribution < 1.29 is 0 Å². The molecule has 1 unspecified atom stereocenters. The second kappa shape index (κ2) is 6.20. The maximum atomic E-state index is 3.74. The highest BCUT2D eigenvalue weighted by Gasteiger charge is 2.29. The number of allylic oxidation sites excluding steroid dienone is 1. The molecule has 0 heterocycles. The number of unbranched alkanes of at least 4 members (excludes halogenated alkanes) is 3. The summed E-state index contributed by atoms with van der Waals surface area (Å²) in [6.07, 6.45) is 11.6. The highest BCUT2D eigenvalue weighted by molar-refractivity contribution is 4.85. The largest absolute Gasteiger partial charge is 0.317 e. The van der Waals surface area contributed by atoms with Crippen LogP contribution in [0.4, 0.5) is 0 Å². The molecule has 1 atom stereocenters. The molecule has 0 saturated heterocycles. The van der Waals surface area contributed by atoms with Crippen LogP contribution in [0.1, 0.15) is 44.9 Å². The minimum absolute atomic E-state index is 0.809. The van der Waals surface area contributed by atoms with Gasteiger partial charge in [-0.1, -0.05) is 18.9 Å². The lowest BCUT2D eigenvalue weighted by atomic mass is 10.0. The molecule has 1 heteroatoms. The average molecular weight is 181 g/mol. The van der Waals surface area contributed by atoms with E-state index in [1.807, 2.05) is 6.08 Å². The zero-order valence-corrected chi connectivity index (χ0v) is 8.89. The first-order valence-corrected chi connectivity index (χ1v) is 5.66. The van der Waals surface area contributed by atoms with Crippen molar-refractivity contribution >= 4 is 0 Å². The smallest absolute Gasteiger partial charge is 0.00923 e. The molecule has 0 amide bonds. The maximum Gasteiger partial charge on any atom is 0.00923 e. The van der Waals surface area contributed by atoms with Crippen LogP contribution in [0, 0.1) is 5.92 Å². The van der Waals surface area contributed by atoms with Crippen LogP contribution < -0.4 is 5.32 Å². The summed E-state index contributed by atoms with van der Waals surface area (Å²) in [6, 6.07) is 0.809. The minimum Gasteiger partial charge on any atom is -0.317 e. The Balaban J connectivity index is 1.93. The van der Waals surface area contributed by atoms with E-state index in [1.165, 1.54) is 44.9 Å². The molecule has 0 aromatic carbocycles. The van der Waals surface area contributed by atoms with Crippen molar-refractivity contribution in [2.24, 2.45) is 5.92 Å². The van der Waals surface area contributed by atoms with E-state index in [1.54, 1.807) is 0 Å². The van der Waals surface area contributed by atoms with Gasteiger partial charge in [0.15, 0.2) is 0 Å². The van der Waals surface area contributed by atoms with Gasteiger partial charge in [0.05, 0.1) is 0 Å². The topological polar surface area (TPSA) is 12.0 Å². The Morgan fingerprint density at radius 3 is 2.69 bits per heavy atom. The van der Waals surface area contributed by atoms with Crippen molar-refractivity contribution in [1.82, 2.24) is 5.32 Å². The van der Waals surface area contributed by atoms with Gasteiger partial charge in [-0.05, 0) is 45.1 Å². The second-order valence-corrected chi connectivity index (χ2v) is 4.16. The van der Waals surface area contributed by atoms with Crippen LogP contribution in [0.2, 0.25) is 0 Å². The van der Waals surface area contributed by atoms with Crippen molar-refractivity contribution in [3.8, 4) is 0 Å². The molecule has 0 aromatic heterocycles. The van der Waals surface area contributed by atoms with E-state index in [-0.39, 0.29) is 0 Å². The first kappa shape index (κ1) is 10.8. The van der Waals surface area contributed by atoms with Gasteiger partial charge < -0.3 is 5.32 Å². The molecule has 0 radical (unpaired) electrons. The van der Waals surface area contributed by atoms with Crippen molar-refractivity contribution in [1.29, 1.82) is 0 Å². The van der Waals surface area contributed by atoms with Gasteiger partial charge in [-0.25, -0.2) is 0 Å². The van der Waals surface area contributed by atoms with Crippen LogP contribution in [0.3, 0.4) is 0 Å². The van der Waals surface area contributed by atoms with Crippen LogP contribution in [0.25, 0.3) is 0 Å². The summed E-state index contributed by atoms with van der Waals surface area (Å²) >= 11 is 0. The molecule has 1 aliphatic rings. The van der Waals surface area contributed by atoms with E-state index in [4.69, 9.17) is 0 Å². The van der Waals surface area contributed by atoms with E-state index in [0.717, 1.165) is 12.0 Å². The molecule has 13 heavy (non-hydrogen) atoms. The van der Waals surface area contributed by atoms with Gasteiger partial charge in [0.1, 0.15) is 0 Å². The summed E-state index contributed by atoms with van der Waals surface area (Å²) in [4.78, 5) is 0. The van der Waals surface area contributed by atoms with Crippen molar-refractivity contribution in [3.05, 3.63) is 12.7 Å². The van der Waals surface area contributed by atoms with E-state index in [2.05, 4.69) is 18.9 Å². The Morgan fingerprint density at radius 2 is 2.15 bits per heavy atom. The number of rotatable bonds is 8. The van der Waals surface area contributed by atoms with Gasteiger partial charge in [0, 0.05) is 6.04 Å². The third kappa shape index (κ3) is 4.47. The van der Waals surface area contributed by atoms with Crippen LogP contribution in [-0.4, -0.2) is 13.1 Å². The minimum atomic E-state index is 0.809. The molecule has 1 N–H and O–H groups in total. The van der Waals surface area contributed by atoms with Gasteiger partial charge in [-0.3, -0.25) is 0 Å². The molecule has 0 spiro atoms. The molecule has 1 saturated carbocycles. The van der Waals surface area contributed by atoms with Crippen molar-refractivity contribution in [2.45, 2.75) is 51.0 Å². The normalized spacial score (nSPS) is 18.5. The maximum absolute atomic E-state index is 3.74. The Labute approximate surface area is 82.6 Å². The first-order valence-electron chi connectivity index (χ1n) is 5.66. The predicted octanol–water partition coefficient (Wildman–Crippen LogP) is 3.12. The Hall–Kier alpha value is -0.300. The number of nitrogens with one attached hydrogen (secondary N) is 1. The van der Waals surface area contributed by atoms with E-state index < -0.39 is 0 Å². The highest BCUT2D eigenvalue weighted by atomic mass is 14.9. The monoisotopic (exact) mass is 181 g/mol. The lowest BCUT2D eigenvalue weighted by Crippen LogP contribution is -2.27. The van der Waals surface area contributed by atoms with Crippen LogP contribution in [-0.2, 0) is 0 Å². The van der Waals surface area contributed by atoms with E-state index in [0.29, 0.717) is 0 Å². The second-order valence-electron chi connectivity index (χ2n) is 4.16. The van der Waals surface area contributed by atoms with Gasteiger partial charge in [0.25, 0.3) is 0 Å². The molecule has 0 aliphatic heterocycles. The summed E-state index contributed by atoms with van der Waals surface area (Å²) in [5, 5.41) is 3.43.